The number of hydrogen-bond acceptors (Lipinski definition) is 4. The lowest BCUT2D eigenvalue weighted by molar-refractivity contribution is -0.134. The second kappa shape index (κ2) is 8.41. The van der Waals surface area contributed by atoms with Crippen LogP contribution in [0.15, 0.2) is 12.1 Å². The molecule has 1 aromatic rings. The summed E-state index contributed by atoms with van der Waals surface area (Å²) in [7, 11) is 0. The molecule has 2 rings (SSSR count). The largest absolute Gasteiger partial charge is 0.444 e. The summed E-state index contributed by atoms with van der Waals surface area (Å²) in [6, 6.07) is 3.99. The summed E-state index contributed by atoms with van der Waals surface area (Å²) in [5, 5.41) is 2.91. The molecule has 2 amide bonds. The highest BCUT2D eigenvalue weighted by Crippen LogP contribution is 2.24. The summed E-state index contributed by atoms with van der Waals surface area (Å²) in [6.45, 7) is 8.22. The predicted octanol–water partition coefficient (Wildman–Crippen LogP) is 4.24. The van der Waals surface area contributed by atoms with Gasteiger partial charge in [0.2, 0.25) is 5.91 Å². The molecular weight excluding hydrogens is 360 g/mol. The maximum absolute atomic E-state index is 12.5. The number of carbonyl (C=O) groups excluding carboxylic acids is 2. The van der Waals surface area contributed by atoms with E-state index in [2.05, 4.69) is 5.32 Å². The predicted molar refractivity (Wildman–Crippen MR) is 101 cm³/mol. The molecule has 0 saturated carbocycles. The molecule has 1 fully saturated rings. The third-order valence-electron chi connectivity index (χ3n) is 4.13. The summed E-state index contributed by atoms with van der Waals surface area (Å²) < 4.78 is 6.05. The Morgan fingerprint density at radius 3 is 2.68 bits per heavy atom. The highest BCUT2D eigenvalue weighted by Gasteiger charge is 2.30. The molecule has 5 nitrogen and oxygen atoms in total. The topological polar surface area (TPSA) is 58.6 Å². The average Bonchev–Trinajstić information content (AvgIpc) is 2.88. The number of thiophene rings is 1. The van der Waals surface area contributed by atoms with Gasteiger partial charge < -0.3 is 15.0 Å². The van der Waals surface area contributed by atoms with E-state index in [1.54, 1.807) is 0 Å². The van der Waals surface area contributed by atoms with Crippen LogP contribution in [0.5, 0.6) is 0 Å². The number of rotatable bonds is 4. The van der Waals surface area contributed by atoms with Crippen LogP contribution in [0.25, 0.3) is 0 Å². The van der Waals surface area contributed by atoms with Gasteiger partial charge in [-0.1, -0.05) is 11.6 Å². The molecule has 140 valence electrons. The van der Waals surface area contributed by atoms with Gasteiger partial charge in [-0.05, 0) is 59.1 Å². The Hall–Kier alpha value is -1.27. The number of hydrogen-bond donors (Lipinski definition) is 1. The highest BCUT2D eigenvalue weighted by molar-refractivity contribution is 7.16. The van der Waals surface area contributed by atoms with Crippen LogP contribution in [-0.4, -0.2) is 41.1 Å². The number of ether oxygens (including phenoxy) is 1. The second-order valence-corrected chi connectivity index (χ2v) is 9.31. The molecule has 0 bridgehead atoms. The molecule has 7 heteroatoms. The van der Waals surface area contributed by atoms with Crippen molar-refractivity contribution in [2.24, 2.45) is 0 Å². The normalized spacial score (nSPS) is 21.1. The molecule has 0 radical (unpaired) electrons. The first-order valence-electron chi connectivity index (χ1n) is 8.67. The van der Waals surface area contributed by atoms with E-state index in [1.807, 2.05) is 44.7 Å². The molecule has 1 aromatic heterocycles. The first-order valence-corrected chi connectivity index (χ1v) is 9.86. The lowest BCUT2D eigenvalue weighted by Crippen LogP contribution is -2.51. The fraction of sp³-hybridized carbons (Fsp3) is 0.667. The van der Waals surface area contributed by atoms with Crippen LogP contribution in [0.2, 0.25) is 4.34 Å². The van der Waals surface area contributed by atoms with Crippen molar-refractivity contribution in [1.29, 1.82) is 0 Å². The lowest BCUT2D eigenvalue weighted by atomic mass is 9.98. The molecule has 1 aliphatic rings. The Morgan fingerprint density at radius 2 is 2.12 bits per heavy atom. The van der Waals surface area contributed by atoms with Crippen molar-refractivity contribution in [3.05, 3.63) is 21.3 Å². The maximum Gasteiger partial charge on any atom is 0.407 e. The summed E-state index contributed by atoms with van der Waals surface area (Å²) in [5.74, 6) is 0.160. The van der Waals surface area contributed by atoms with Crippen LogP contribution in [0, 0.1) is 0 Å². The number of halogens is 1. The van der Waals surface area contributed by atoms with Crippen molar-refractivity contribution in [2.75, 3.05) is 6.54 Å². The van der Waals surface area contributed by atoms with E-state index in [0.717, 1.165) is 28.5 Å². The Kier molecular flexibility index (Phi) is 6.74. The van der Waals surface area contributed by atoms with Gasteiger partial charge in [-0.15, -0.1) is 11.3 Å². The molecular formula is C18H27ClN2O3S. The SMILES string of the molecule is C[C@@H]1C[C@H](NC(=O)OC(C)(C)C)CCN1C(=O)CCc1ccc(Cl)s1. The number of nitrogens with one attached hydrogen (secondary N) is 1. The number of aryl methyl sites for hydroxylation is 1. The van der Waals surface area contributed by atoms with Gasteiger partial charge in [-0.3, -0.25) is 4.79 Å². The molecule has 2 heterocycles. The Labute approximate surface area is 158 Å². The van der Waals surface area contributed by atoms with E-state index in [9.17, 15) is 9.59 Å². The summed E-state index contributed by atoms with van der Waals surface area (Å²) in [6.07, 6.45) is 2.32. The molecule has 1 N–H and O–H groups in total. The van der Waals surface area contributed by atoms with Crippen LogP contribution in [0.3, 0.4) is 0 Å². The van der Waals surface area contributed by atoms with Gasteiger partial charge in [0, 0.05) is 29.9 Å². The quantitative estimate of drug-likeness (QED) is 0.841. The molecule has 1 aliphatic heterocycles. The molecule has 0 aliphatic carbocycles. The third kappa shape index (κ3) is 6.51. The standard InChI is InChI=1S/C18H27ClN2O3S/c1-12-11-13(20-17(23)24-18(2,3)4)9-10-21(12)16(22)8-6-14-5-7-15(19)25-14/h5,7,12-13H,6,8-11H2,1-4H3,(H,20,23)/t12-,13-/m1/s1. The third-order valence-corrected chi connectivity index (χ3v) is 5.42. The van der Waals surface area contributed by atoms with Gasteiger partial charge >= 0.3 is 6.09 Å². The minimum atomic E-state index is -0.503. The number of alkyl carbamates (subject to hydrolysis) is 1. The molecule has 2 atom stereocenters. The molecule has 0 spiro atoms. The number of amides is 2. The summed E-state index contributed by atoms with van der Waals surface area (Å²) >= 11 is 7.45. The zero-order valence-electron chi connectivity index (χ0n) is 15.3. The second-order valence-electron chi connectivity index (χ2n) is 7.51. The number of carbonyl (C=O) groups is 2. The van der Waals surface area contributed by atoms with Crippen LogP contribution < -0.4 is 5.32 Å². The summed E-state index contributed by atoms with van der Waals surface area (Å²) in [4.78, 5) is 27.4. The van der Waals surface area contributed by atoms with Crippen LogP contribution in [-0.2, 0) is 16.0 Å². The number of nitrogens with zero attached hydrogens (tertiary/aromatic N) is 1. The number of piperidine rings is 1. The average molecular weight is 387 g/mol. The van der Waals surface area contributed by atoms with Gasteiger partial charge in [-0.25, -0.2) is 4.79 Å². The first-order chi connectivity index (χ1) is 11.6. The zero-order chi connectivity index (χ0) is 18.6. The fourth-order valence-corrected chi connectivity index (χ4v) is 4.09. The van der Waals surface area contributed by atoms with E-state index in [1.165, 1.54) is 11.3 Å². The first kappa shape index (κ1) is 20.0. The van der Waals surface area contributed by atoms with E-state index in [-0.39, 0.29) is 24.1 Å². The zero-order valence-corrected chi connectivity index (χ0v) is 16.9. The molecule has 1 saturated heterocycles. The van der Waals surface area contributed by atoms with Crippen molar-refractivity contribution in [3.8, 4) is 0 Å². The van der Waals surface area contributed by atoms with E-state index in [4.69, 9.17) is 16.3 Å². The molecule has 25 heavy (non-hydrogen) atoms. The van der Waals surface area contributed by atoms with Crippen molar-refractivity contribution in [3.63, 3.8) is 0 Å². The highest BCUT2D eigenvalue weighted by atomic mass is 35.5. The fourth-order valence-electron chi connectivity index (χ4n) is 3.01. The van der Waals surface area contributed by atoms with Gasteiger partial charge in [0.1, 0.15) is 5.60 Å². The number of likely N-dealkylation sites (tertiary alicyclic amines) is 1. The Morgan fingerprint density at radius 1 is 1.40 bits per heavy atom. The van der Waals surface area contributed by atoms with Crippen molar-refractivity contribution in [1.82, 2.24) is 10.2 Å². The Bertz CT molecular complexity index is 612. The van der Waals surface area contributed by atoms with Crippen LogP contribution >= 0.6 is 22.9 Å². The van der Waals surface area contributed by atoms with E-state index < -0.39 is 5.60 Å². The van der Waals surface area contributed by atoms with Crippen LogP contribution in [0.1, 0.15) is 51.8 Å². The van der Waals surface area contributed by atoms with Crippen molar-refractivity contribution < 1.29 is 14.3 Å². The van der Waals surface area contributed by atoms with Crippen LogP contribution in [0.4, 0.5) is 4.79 Å². The monoisotopic (exact) mass is 386 g/mol. The summed E-state index contributed by atoms with van der Waals surface area (Å²) in [5.41, 5.74) is -0.503. The van der Waals surface area contributed by atoms with Crippen molar-refractivity contribution >= 4 is 34.9 Å². The van der Waals surface area contributed by atoms with Gasteiger partial charge in [0.05, 0.1) is 4.34 Å². The Balaban J connectivity index is 1.78. The van der Waals surface area contributed by atoms with Gasteiger partial charge in [0.15, 0.2) is 0 Å². The smallest absolute Gasteiger partial charge is 0.407 e. The van der Waals surface area contributed by atoms with E-state index >= 15 is 0 Å². The van der Waals surface area contributed by atoms with Gasteiger partial charge in [-0.2, -0.15) is 0 Å². The maximum atomic E-state index is 12.5. The molecule has 0 aromatic carbocycles. The van der Waals surface area contributed by atoms with E-state index in [0.29, 0.717) is 13.0 Å². The van der Waals surface area contributed by atoms with Crippen molar-refractivity contribution in [2.45, 2.75) is 71.1 Å². The molecule has 0 unspecified atom stereocenters. The minimum Gasteiger partial charge on any atom is -0.444 e. The lowest BCUT2D eigenvalue weighted by Gasteiger charge is -2.38. The minimum absolute atomic E-state index is 0.0463. The van der Waals surface area contributed by atoms with Gasteiger partial charge in [0.25, 0.3) is 0 Å².